The molecule has 1 fully saturated rings. The SMILES string of the molecule is CN(c1ccc(C(F)(F)F)cc1)C1CCC(N)C1.Cl. The maximum atomic E-state index is 12.4. The van der Waals surface area contributed by atoms with Gasteiger partial charge >= 0.3 is 6.18 Å². The average Bonchev–Trinajstić information content (AvgIpc) is 2.74. The Hall–Kier alpha value is -0.940. The molecule has 0 heterocycles. The van der Waals surface area contributed by atoms with Crippen molar-refractivity contribution in [2.75, 3.05) is 11.9 Å². The van der Waals surface area contributed by atoms with Gasteiger partial charge in [-0.05, 0) is 43.5 Å². The highest BCUT2D eigenvalue weighted by Crippen LogP contribution is 2.32. The number of nitrogens with two attached hydrogens (primary N) is 1. The van der Waals surface area contributed by atoms with Gasteiger partial charge in [0.2, 0.25) is 0 Å². The number of halogens is 4. The van der Waals surface area contributed by atoms with Crippen LogP contribution in [0.1, 0.15) is 24.8 Å². The fraction of sp³-hybridized carbons (Fsp3) is 0.538. The summed E-state index contributed by atoms with van der Waals surface area (Å²) in [6, 6.07) is 5.84. The summed E-state index contributed by atoms with van der Waals surface area (Å²) in [6.07, 6.45) is -1.39. The van der Waals surface area contributed by atoms with Crippen molar-refractivity contribution in [3.8, 4) is 0 Å². The minimum Gasteiger partial charge on any atom is -0.372 e. The smallest absolute Gasteiger partial charge is 0.372 e. The third-order valence-electron chi connectivity index (χ3n) is 3.60. The van der Waals surface area contributed by atoms with Crippen LogP contribution in [0.5, 0.6) is 0 Å². The van der Waals surface area contributed by atoms with Gasteiger partial charge in [0.25, 0.3) is 0 Å². The van der Waals surface area contributed by atoms with E-state index in [2.05, 4.69) is 0 Å². The van der Waals surface area contributed by atoms with E-state index in [0.717, 1.165) is 37.1 Å². The van der Waals surface area contributed by atoms with Gasteiger partial charge in [0.05, 0.1) is 5.56 Å². The molecule has 2 nitrogen and oxygen atoms in total. The largest absolute Gasteiger partial charge is 0.416 e. The molecule has 2 N–H and O–H groups in total. The maximum Gasteiger partial charge on any atom is 0.416 e. The molecule has 0 radical (unpaired) electrons. The molecule has 2 rings (SSSR count). The summed E-state index contributed by atoms with van der Waals surface area (Å²) < 4.78 is 37.3. The zero-order chi connectivity index (χ0) is 13.3. The van der Waals surface area contributed by atoms with E-state index in [9.17, 15) is 13.2 Å². The van der Waals surface area contributed by atoms with Gasteiger partial charge in [0.1, 0.15) is 0 Å². The van der Waals surface area contributed by atoms with Gasteiger partial charge < -0.3 is 10.6 Å². The predicted octanol–water partition coefficient (Wildman–Crippen LogP) is 3.44. The second-order valence-electron chi connectivity index (χ2n) is 4.88. The Bertz CT molecular complexity index is 405. The molecule has 6 heteroatoms. The second-order valence-corrected chi connectivity index (χ2v) is 4.88. The summed E-state index contributed by atoms with van der Waals surface area (Å²) in [4.78, 5) is 2.02. The van der Waals surface area contributed by atoms with Crippen LogP contribution in [0.4, 0.5) is 18.9 Å². The highest BCUT2D eigenvalue weighted by molar-refractivity contribution is 5.85. The molecule has 1 aromatic carbocycles. The third-order valence-corrected chi connectivity index (χ3v) is 3.60. The molecule has 0 spiro atoms. The minimum atomic E-state index is -4.27. The molecular formula is C13H18ClF3N2. The summed E-state index contributed by atoms with van der Waals surface area (Å²) in [5.74, 6) is 0. The van der Waals surface area contributed by atoms with Gasteiger partial charge in [0, 0.05) is 24.8 Å². The fourth-order valence-electron chi connectivity index (χ4n) is 2.44. The van der Waals surface area contributed by atoms with Crippen LogP contribution in [0.15, 0.2) is 24.3 Å². The lowest BCUT2D eigenvalue weighted by atomic mass is 10.1. The number of alkyl halides is 3. The zero-order valence-corrected chi connectivity index (χ0v) is 11.5. The van der Waals surface area contributed by atoms with E-state index in [-0.39, 0.29) is 18.4 Å². The molecule has 0 saturated heterocycles. The molecule has 2 unspecified atom stereocenters. The lowest BCUT2D eigenvalue weighted by molar-refractivity contribution is -0.137. The van der Waals surface area contributed by atoms with Crippen molar-refractivity contribution < 1.29 is 13.2 Å². The number of hydrogen-bond acceptors (Lipinski definition) is 2. The lowest BCUT2D eigenvalue weighted by Gasteiger charge is -2.27. The Balaban J connectivity index is 0.00000180. The normalized spacial score (nSPS) is 23.0. The van der Waals surface area contributed by atoms with Crippen molar-refractivity contribution in [1.29, 1.82) is 0 Å². The van der Waals surface area contributed by atoms with Crippen LogP contribution in [0.3, 0.4) is 0 Å². The summed E-state index contributed by atoms with van der Waals surface area (Å²) in [5.41, 5.74) is 6.05. The highest BCUT2D eigenvalue weighted by atomic mass is 35.5. The Morgan fingerprint density at radius 1 is 1.16 bits per heavy atom. The quantitative estimate of drug-likeness (QED) is 0.905. The number of benzene rings is 1. The first-order chi connectivity index (χ1) is 8.38. The molecule has 1 aliphatic rings. The van der Waals surface area contributed by atoms with Crippen LogP contribution in [-0.4, -0.2) is 19.1 Å². The van der Waals surface area contributed by atoms with Gasteiger partial charge in [-0.25, -0.2) is 0 Å². The van der Waals surface area contributed by atoms with Crippen LogP contribution >= 0.6 is 12.4 Å². The molecule has 0 bridgehead atoms. The molecule has 1 aliphatic carbocycles. The molecule has 0 amide bonds. The third kappa shape index (κ3) is 3.76. The molecule has 0 aliphatic heterocycles. The summed E-state index contributed by atoms with van der Waals surface area (Å²) in [7, 11) is 1.91. The van der Waals surface area contributed by atoms with E-state index in [1.54, 1.807) is 0 Å². The number of hydrogen-bond donors (Lipinski definition) is 1. The van der Waals surface area contributed by atoms with Gasteiger partial charge in [0.15, 0.2) is 0 Å². The molecular weight excluding hydrogens is 277 g/mol. The first-order valence-electron chi connectivity index (χ1n) is 6.03. The second kappa shape index (κ2) is 6.01. The van der Waals surface area contributed by atoms with Crippen LogP contribution < -0.4 is 10.6 Å². The van der Waals surface area contributed by atoms with Crippen molar-refractivity contribution >= 4 is 18.1 Å². The van der Waals surface area contributed by atoms with E-state index in [4.69, 9.17) is 5.73 Å². The number of nitrogens with zero attached hydrogens (tertiary/aromatic N) is 1. The molecule has 0 aromatic heterocycles. The Kier molecular flexibility index (Phi) is 5.10. The highest BCUT2D eigenvalue weighted by Gasteiger charge is 2.30. The molecule has 1 saturated carbocycles. The van der Waals surface area contributed by atoms with Crippen LogP contribution in [0.2, 0.25) is 0 Å². The fourth-order valence-corrected chi connectivity index (χ4v) is 2.44. The van der Waals surface area contributed by atoms with Gasteiger partial charge in [-0.2, -0.15) is 13.2 Å². The lowest BCUT2D eigenvalue weighted by Crippen LogP contribution is -2.30. The topological polar surface area (TPSA) is 29.3 Å². The van der Waals surface area contributed by atoms with Crippen molar-refractivity contribution in [2.45, 2.75) is 37.5 Å². The molecule has 1 aromatic rings. The molecule has 108 valence electrons. The van der Waals surface area contributed by atoms with Crippen molar-refractivity contribution in [3.63, 3.8) is 0 Å². The van der Waals surface area contributed by atoms with Gasteiger partial charge in [-0.3, -0.25) is 0 Å². The van der Waals surface area contributed by atoms with Crippen LogP contribution in [0, 0.1) is 0 Å². The zero-order valence-electron chi connectivity index (χ0n) is 10.7. The average molecular weight is 295 g/mol. The van der Waals surface area contributed by atoms with Crippen LogP contribution in [0.25, 0.3) is 0 Å². The van der Waals surface area contributed by atoms with E-state index >= 15 is 0 Å². The van der Waals surface area contributed by atoms with Gasteiger partial charge in [-0.1, -0.05) is 0 Å². The minimum absolute atomic E-state index is 0. The summed E-state index contributed by atoms with van der Waals surface area (Å²) in [5, 5.41) is 0. The standard InChI is InChI=1S/C13H17F3N2.ClH/c1-18(12-7-4-10(17)8-12)11-5-2-9(3-6-11)13(14,15)16;/h2-3,5-6,10,12H,4,7-8,17H2,1H3;1H. The van der Waals surface area contributed by atoms with Crippen LogP contribution in [-0.2, 0) is 6.18 Å². The first-order valence-corrected chi connectivity index (χ1v) is 6.03. The predicted molar refractivity (Wildman–Crippen MR) is 72.7 cm³/mol. The van der Waals surface area contributed by atoms with E-state index < -0.39 is 11.7 Å². The van der Waals surface area contributed by atoms with Crippen molar-refractivity contribution in [2.24, 2.45) is 5.73 Å². The Morgan fingerprint density at radius 2 is 1.74 bits per heavy atom. The van der Waals surface area contributed by atoms with Gasteiger partial charge in [-0.15, -0.1) is 12.4 Å². The Morgan fingerprint density at radius 3 is 2.16 bits per heavy atom. The monoisotopic (exact) mass is 294 g/mol. The van der Waals surface area contributed by atoms with E-state index in [1.165, 1.54) is 12.1 Å². The summed E-state index contributed by atoms with van der Waals surface area (Å²) >= 11 is 0. The Labute approximate surface area is 117 Å². The van der Waals surface area contributed by atoms with E-state index in [0.29, 0.717) is 6.04 Å². The maximum absolute atomic E-state index is 12.4. The van der Waals surface area contributed by atoms with E-state index in [1.807, 2.05) is 11.9 Å². The molecule has 19 heavy (non-hydrogen) atoms. The number of anilines is 1. The number of rotatable bonds is 2. The first kappa shape index (κ1) is 16.1. The van der Waals surface area contributed by atoms with Crippen molar-refractivity contribution in [1.82, 2.24) is 0 Å². The van der Waals surface area contributed by atoms with Crippen molar-refractivity contribution in [3.05, 3.63) is 29.8 Å². The summed E-state index contributed by atoms with van der Waals surface area (Å²) in [6.45, 7) is 0. The molecule has 2 atom stereocenters.